The number of nitrogen functional groups attached to an aromatic ring is 1. The van der Waals surface area contributed by atoms with Crippen molar-refractivity contribution in [2.24, 2.45) is 0 Å². The molecule has 0 saturated heterocycles. The van der Waals surface area contributed by atoms with E-state index in [0.29, 0.717) is 5.25 Å². The quantitative estimate of drug-likeness (QED) is 0.618. The van der Waals surface area contributed by atoms with E-state index in [9.17, 15) is 0 Å². The summed E-state index contributed by atoms with van der Waals surface area (Å²) in [5.41, 5.74) is 7.88. The minimum Gasteiger partial charge on any atom is -0.398 e. The smallest absolute Gasteiger partial charge is 0.0662 e. The molecular formula is C11H15N3S. The zero-order chi connectivity index (χ0) is 10.8. The summed E-state index contributed by atoms with van der Waals surface area (Å²) in [5.74, 6) is 0. The first kappa shape index (κ1) is 10.4. The third-order valence-corrected chi connectivity index (χ3v) is 3.82. The van der Waals surface area contributed by atoms with E-state index in [-0.39, 0.29) is 0 Å². The summed E-state index contributed by atoms with van der Waals surface area (Å²) in [4.78, 5) is 1.14. The molecule has 1 heterocycles. The van der Waals surface area contributed by atoms with Gasteiger partial charge >= 0.3 is 0 Å². The Morgan fingerprint density at radius 3 is 3.07 bits per heavy atom. The number of aromatic nitrogens is 2. The predicted octanol–water partition coefficient (Wildman–Crippen LogP) is 3.04. The molecule has 15 heavy (non-hydrogen) atoms. The van der Waals surface area contributed by atoms with Gasteiger partial charge in [0.15, 0.2) is 0 Å². The molecule has 0 fully saturated rings. The highest BCUT2D eigenvalue weighted by Crippen LogP contribution is 2.32. The van der Waals surface area contributed by atoms with Crippen LogP contribution < -0.4 is 5.73 Å². The molecule has 1 atom stereocenters. The summed E-state index contributed by atoms with van der Waals surface area (Å²) in [6.45, 7) is 4.39. The molecule has 0 aliphatic carbocycles. The molecule has 1 aromatic carbocycles. The number of nitrogens with two attached hydrogens (primary N) is 1. The normalized spacial score (nSPS) is 13.2. The molecule has 2 rings (SSSR count). The molecule has 1 unspecified atom stereocenters. The van der Waals surface area contributed by atoms with Crippen LogP contribution in [0.5, 0.6) is 0 Å². The standard InChI is InChI=1S/C11H15N3S/c1-3-7(2)15-11-5-10-8(4-9(11)12)6-13-14-10/h4-7H,3,12H2,1-2H3,(H,13,14). The molecule has 4 heteroatoms. The van der Waals surface area contributed by atoms with E-state index in [4.69, 9.17) is 5.73 Å². The van der Waals surface area contributed by atoms with Crippen LogP contribution in [0.2, 0.25) is 0 Å². The van der Waals surface area contributed by atoms with Crippen molar-refractivity contribution in [2.75, 3.05) is 5.73 Å². The number of anilines is 1. The van der Waals surface area contributed by atoms with E-state index < -0.39 is 0 Å². The van der Waals surface area contributed by atoms with Gasteiger partial charge in [-0.15, -0.1) is 11.8 Å². The number of benzene rings is 1. The minimum absolute atomic E-state index is 0.590. The van der Waals surface area contributed by atoms with Crippen molar-refractivity contribution in [3.05, 3.63) is 18.3 Å². The van der Waals surface area contributed by atoms with Crippen molar-refractivity contribution >= 4 is 28.4 Å². The van der Waals surface area contributed by atoms with Crippen LogP contribution in [-0.2, 0) is 0 Å². The number of nitrogens with zero attached hydrogens (tertiary/aromatic N) is 1. The maximum atomic E-state index is 5.99. The average Bonchev–Trinajstić information content (AvgIpc) is 2.65. The number of aromatic amines is 1. The fraction of sp³-hybridized carbons (Fsp3) is 0.364. The molecule has 0 spiro atoms. The molecule has 0 aliphatic heterocycles. The Labute approximate surface area is 93.4 Å². The van der Waals surface area contributed by atoms with Gasteiger partial charge in [0, 0.05) is 21.2 Å². The first-order valence-corrected chi connectivity index (χ1v) is 5.98. The van der Waals surface area contributed by atoms with Crippen molar-refractivity contribution in [3.63, 3.8) is 0 Å². The van der Waals surface area contributed by atoms with Gasteiger partial charge in [0.05, 0.1) is 11.7 Å². The SMILES string of the molecule is CCC(C)Sc1cc2[nH]ncc2cc1N. The maximum Gasteiger partial charge on any atom is 0.0662 e. The van der Waals surface area contributed by atoms with Crippen LogP contribution in [0.1, 0.15) is 20.3 Å². The van der Waals surface area contributed by atoms with Gasteiger partial charge in [-0.25, -0.2) is 0 Å². The third-order valence-electron chi connectivity index (χ3n) is 2.47. The van der Waals surface area contributed by atoms with Crippen LogP contribution in [0.3, 0.4) is 0 Å². The Bertz CT molecular complexity index is 464. The largest absolute Gasteiger partial charge is 0.398 e. The number of thioether (sulfide) groups is 1. The van der Waals surface area contributed by atoms with E-state index in [0.717, 1.165) is 27.9 Å². The van der Waals surface area contributed by atoms with Gasteiger partial charge < -0.3 is 5.73 Å². The van der Waals surface area contributed by atoms with Gasteiger partial charge in [0.1, 0.15) is 0 Å². The Morgan fingerprint density at radius 2 is 2.33 bits per heavy atom. The van der Waals surface area contributed by atoms with Crippen molar-refractivity contribution in [3.8, 4) is 0 Å². The lowest BCUT2D eigenvalue weighted by molar-refractivity contribution is 0.906. The molecule has 0 amide bonds. The molecule has 3 nitrogen and oxygen atoms in total. The lowest BCUT2D eigenvalue weighted by Gasteiger charge is -2.10. The summed E-state index contributed by atoms with van der Waals surface area (Å²) in [6.07, 6.45) is 2.94. The van der Waals surface area contributed by atoms with Crippen LogP contribution in [0.25, 0.3) is 10.9 Å². The van der Waals surface area contributed by atoms with Gasteiger partial charge in [-0.2, -0.15) is 5.10 Å². The second kappa shape index (κ2) is 4.14. The zero-order valence-electron chi connectivity index (χ0n) is 8.95. The monoisotopic (exact) mass is 221 g/mol. The minimum atomic E-state index is 0.590. The van der Waals surface area contributed by atoms with Crippen LogP contribution in [0.4, 0.5) is 5.69 Å². The van der Waals surface area contributed by atoms with E-state index in [1.807, 2.05) is 17.8 Å². The lowest BCUT2D eigenvalue weighted by atomic mass is 10.2. The lowest BCUT2D eigenvalue weighted by Crippen LogP contribution is -1.95. The predicted molar refractivity (Wildman–Crippen MR) is 66.1 cm³/mol. The number of fused-ring (bicyclic) bond motifs is 1. The summed E-state index contributed by atoms with van der Waals surface area (Å²) in [7, 11) is 0. The Hall–Kier alpha value is -1.16. The Kier molecular flexibility index (Phi) is 2.86. The highest BCUT2D eigenvalue weighted by Gasteiger charge is 2.07. The van der Waals surface area contributed by atoms with Crippen molar-refractivity contribution in [1.29, 1.82) is 0 Å². The first-order chi connectivity index (χ1) is 7.20. The molecule has 0 bridgehead atoms. The van der Waals surface area contributed by atoms with Gasteiger partial charge in [-0.05, 0) is 18.6 Å². The Balaban J connectivity index is 2.37. The summed E-state index contributed by atoms with van der Waals surface area (Å²) < 4.78 is 0. The summed E-state index contributed by atoms with van der Waals surface area (Å²) in [5, 5.41) is 8.61. The molecule has 1 aromatic heterocycles. The van der Waals surface area contributed by atoms with Crippen LogP contribution in [0.15, 0.2) is 23.2 Å². The maximum absolute atomic E-state index is 5.99. The van der Waals surface area contributed by atoms with Gasteiger partial charge in [-0.3, -0.25) is 5.10 Å². The molecule has 0 aliphatic rings. The molecule has 2 aromatic rings. The van der Waals surface area contributed by atoms with Crippen molar-refractivity contribution < 1.29 is 0 Å². The number of H-pyrrole nitrogens is 1. The topological polar surface area (TPSA) is 54.7 Å². The first-order valence-electron chi connectivity index (χ1n) is 5.10. The van der Waals surface area contributed by atoms with Crippen molar-refractivity contribution in [2.45, 2.75) is 30.4 Å². The van der Waals surface area contributed by atoms with Crippen molar-refractivity contribution in [1.82, 2.24) is 10.2 Å². The molecule has 0 radical (unpaired) electrons. The second-order valence-electron chi connectivity index (χ2n) is 3.68. The highest BCUT2D eigenvalue weighted by atomic mass is 32.2. The fourth-order valence-electron chi connectivity index (χ4n) is 1.39. The summed E-state index contributed by atoms with van der Waals surface area (Å²) in [6, 6.07) is 4.05. The van der Waals surface area contributed by atoms with Gasteiger partial charge in [0.2, 0.25) is 0 Å². The van der Waals surface area contributed by atoms with E-state index in [1.165, 1.54) is 0 Å². The van der Waals surface area contributed by atoms with Crippen LogP contribution in [0, 0.1) is 0 Å². The number of hydrogen-bond donors (Lipinski definition) is 2. The van der Waals surface area contributed by atoms with Gasteiger partial charge in [-0.1, -0.05) is 13.8 Å². The number of hydrogen-bond acceptors (Lipinski definition) is 3. The number of rotatable bonds is 3. The molecular weight excluding hydrogens is 206 g/mol. The zero-order valence-corrected chi connectivity index (χ0v) is 9.77. The third kappa shape index (κ3) is 2.09. The van der Waals surface area contributed by atoms with Crippen LogP contribution >= 0.6 is 11.8 Å². The molecule has 80 valence electrons. The average molecular weight is 221 g/mol. The summed E-state index contributed by atoms with van der Waals surface area (Å²) >= 11 is 1.82. The van der Waals surface area contributed by atoms with E-state index in [2.05, 4.69) is 30.1 Å². The van der Waals surface area contributed by atoms with E-state index >= 15 is 0 Å². The Morgan fingerprint density at radius 1 is 1.53 bits per heavy atom. The second-order valence-corrected chi connectivity index (χ2v) is 5.16. The molecule has 3 N–H and O–H groups in total. The van der Waals surface area contributed by atoms with Gasteiger partial charge in [0.25, 0.3) is 0 Å². The van der Waals surface area contributed by atoms with Crippen LogP contribution in [-0.4, -0.2) is 15.4 Å². The fourth-order valence-corrected chi connectivity index (χ4v) is 2.37. The van der Waals surface area contributed by atoms with E-state index in [1.54, 1.807) is 6.20 Å². The number of nitrogens with one attached hydrogen (secondary N) is 1. The molecule has 0 saturated carbocycles. The highest BCUT2D eigenvalue weighted by molar-refractivity contribution is 8.00.